The quantitative estimate of drug-likeness (QED) is 0.559. The third-order valence-electron chi connectivity index (χ3n) is 1.68. The van der Waals surface area contributed by atoms with E-state index in [1.165, 1.54) is 17.8 Å². The topological polar surface area (TPSA) is 24.7 Å². The van der Waals surface area contributed by atoms with Crippen LogP contribution < -0.4 is 0 Å². The van der Waals surface area contributed by atoms with E-state index in [4.69, 9.17) is 0 Å². The Balaban J connectivity index is 2.47. The molecule has 0 N–H and O–H groups in total. The summed E-state index contributed by atoms with van der Waals surface area (Å²) in [5.74, 6) is 0. The van der Waals surface area contributed by atoms with Gasteiger partial charge in [-0.2, -0.15) is 10.2 Å². The van der Waals surface area contributed by atoms with Gasteiger partial charge in [0.05, 0.1) is 0 Å². The van der Waals surface area contributed by atoms with E-state index in [0.717, 1.165) is 19.3 Å². The molecule has 1 heterocycles. The van der Waals surface area contributed by atoms with Crippen molar-refractivity contribution in [3.63, 3.8) is 0 Å². The molecule has 1 rings (SSSR count). The van der Waals surface area contributed by atoms with Gasteiger partial charge in [0.1, 0.15) is 0 Å². The normalized spacial score (nSPS) is 18.2. The summed E-state index contributed by atoms with van der Waals surface area (Å²) in [5, 5.41) is 8.14. The summed E-state index contributed by atoms with van der Waals surface area (Å²) >= 11 is 0. The fourth-order valence-corrected chi connectivity index (χ4v) is 1.04. The monoisotopic (exact) mass is 138 g/mol. The smallest absolute Gasteiger partial charge is 0.0409 e. The molecule has 0 atom stereocenters. The van der Waals surface area contributed by atoms with Gasteiger partial charge in [-0.05, 0) is 26.2 Å². The average Bonchev–Trinajstić information content (AvgIpc) is 1.95. The predicted octanol–water partition coefficient (Wildman–Crippen LogP) is 2.40. The molecule has 0 aromatic carbocycles. The highest BCUT2D eigenvalue weighted by atomic mass is 15.2. The second-order valence-corrected chi connectivity index (χ2v) is 2.75. The fourth-order valence-electron chi connectivity index (χ4n) is 1.04. The Morgan fingerprint density at radius 1 is 1.30 bits per heavy atom. The van der Waals surface area contributed by atoms with E-state index in [1.807, 2.05) is 6.92 Å². The van der Waals surface area contributed by atoms with Crippen molar-refractivity contribution in [2.45, 2.75) is 39.5 Å². The molecule has 0 radical (unpaired) electrons. The standard InChI is InChI=1S/C8H14N2/c1-3-4-8-6-5-7(2)9-10-8/h3-6H2,1-2H3. The van der Waals surface area contributed by atoms with E-state index >= 15 is 0 Å². The van der Waals surface area contributed by atoms with Crippen molar-refractivity contribution in [2.24, 2.45) is 10.2 Å². The maximum absolute atomic E-state index is 4.10. The van der Waals surface area contributed by atoms with Crippen molar-refractivity contribution >= 4 is 11.4 Å². The lowest BCUT2D eigenvalue weighted by molar-refractivity contribution is 0.918. The van der Waals surface area contributed by atoms with Crippen LogP contribution in [0.4, 0.5) is 0 Å². The maximum atomic E-state index is 4.10. The van der Waals surface area contributed by atoms with E-state index in [-0.39, 0.29) is 0 Å². The van der Waals surface area contributed by atoms with Gasteiger partial charge in [0.25, 0.3) is 0 Å². The summed E-state index contributed by atoms with van der Waals surface area (Å²) in [6.07, 6.45) is 4.55. The van der Waals surface area contributed by atoms with E-state index in [0.29, 0.717) is 0 Å². The lowest BCUT2D eigenvalue weighted by Crippen LogP contribution is -2.06. The minimum Gasteiger partial charge on any atom is -0.160 e. The van der Waals surface area contributed by atoms with E-state index in [1.54, 1.807) is 0 Å². The zero-order valence-corrected chi connectivity index (χ0v) is 6.72. The highest BCUT2D eigenvalue weighted by Gasteiger charge is 2.04. The Morgan fingerprint density at radius 3 is 2.60 bits per heavy atom. The van der Waals surface area contributed by atoms with Crippen LogP contribution >= 0.6 is 0 Å². The van der Waals surface area contributed by atoms with Crippen molar-refractivity contribution in [3.8, 4) is 0 Å². The Morgan fingerprint density at radius 2 is 2.10 bits per heavy atom. The molecule has 1 aliphatic rings. The van der Waals surface area contributed by atoms with Gasteiger partial charge >= 0.3 is 0 Å². The number of nitrogens with zero attached hydrogens (tertiary/aromatic N) is 2. The number of rotatable bonds is 2. The highest BCUT2D eigenvalue weighted by Crippen LogP contribution is 2.07. The summed E-state index contributed by atoms with van der Waals surface area (Å²) in [6, 6.07) is 0. The van der Waals surface area contributed by atoms with Gasteiger partial charge in [0, 0.05) is 11.4 Å². The van der Waals surface area contributed by atoms with E-state index < -0.39 is 0 Å². The molecule has 2 nitrogen and oxygen atoms in total. The molecule has 0 aliphatic carbocycles. The van der Waals surface area contributed by atoms with Crippen molar-refractivity contribution in [2.75, 3.05) is 0 Å². The van der Waals surface area contributed by atoms with Gasteiger partial charge in [0.15, 0.2) is 0 Å². The van der Waals surface area contributed by atoms with Crippen LogP contribution in [0.1, 0.15) is 39.5 Å². The first-order chi connectivity index (χ1) is 4.83. The van der Waals surface area contributed by atoms with Crippen molar-refractivity contribution in [3.05, 3.63) is 0 Å². The first kappa shape index (κ1) is 7.45. The minimum absolute atomic E-state index is 1.11. The van der Waals surface area contributed by atoms with Gasteiger partial charge in [-0.25, -0.2) is 0 Å². The molecule has 1 aliphatic heterocycles. The molecule has 10 heavy (non-hydrogen) atoms. The Labute approximate surface area is 62.0 Å². The lowest BCUT2D eigenvalue weighted by Gasteiger charge is -2.07. The predicted molar refractivity (Wildman–Crippen MR) is 44.7 cm³/mol. The van der Waals surface area contributed by atoms with Crippen LogP contribution in [-0.4, -0.2) is 11.4 Å². The van der Waals surface area contributed by atoms with Gasteiger partial charge < -0.3 is 0 Å². The van der Waals surface area contributed by atoms with Crippen LogP contribution in [0.5, 0.6) is 0 Å². The molecule has 0 saturated carbocycles. The zero-order valence-electron chi connectivity index (χ0n) is 6.72. The molecule has 0 spiro atoms. The first-order valence-corrected chi connectivity index (χ1v) is 3.91. The SMILES string of the molecule is CCCC1=NN=C(C)CC1. The second kappa shape index (κ2) is 3.49. The van der Waals surface area contributed by atoms with E-state index in [2.05, 4.69) is 17.1 Å². The molecule has 0 amide bonds. The van der Waals surface area contributed by atoms with Crippen molar-refractivity contribution in [1.29, 1.82) is 0 Å². The summed E-state index contributed by atoms with van der Waals surface area (Å²) in [5.41, 5.74) is 2.44. The molecule has 0 saturated heterocycles. The third-order valence-corrected chi connectivity index (χ3v) is 1.68. The average molecular weight is 138 g/mol. The van der Waals surface area contributed by atoms with Crippen molar-refractivity contribution < 1.29 is 0 Å². The first-order valence-electron chi connectivity index (χ1n) is 3.91. The molecule has 56 valence electrons. The van der Waals surface area contributed by atoms with Crippen LogP contribution in [0.2, 0.25) is 0 Å². The zero-order chi connectivity index (χ0) is 7.40. The molecular formula is C8H14N2. The van der Waals surface area contributed by atoms with Crippen molar-refractivity contribution in [1.82, 2.24) is 0 Å². The summed E-state index contributed by atoms with van der Waals surface area (Å²) < 4.78 is 0. The molecule has 0 bridgehead atoms. The molecular weight excluding hydrogens is 124 g/mol. The second-order valence-electron chi connectivity index (χ2n) is 2.75. The summed E-state index contributed by atoms with van der Waals surface area (Å²) in [7, 11) is 0. The molecule has 0 aromatic rings. The van der Waals surface area contributed by atoms with Gasteiger partial charge in [-0.3, -0.25) is 0 Å². The molecule has 0 aromatic heterocycles. The van der Waals surface area contributed by atoms with E-state index in [9.17, 15) is 0 Å². The highest BCUT2D eigenvalue weighted by molar-refractivity contribution is 5.93. The van der Waals surface area contributed by atoms with Gasteiger partial charge in [-0.1, -0.05) is 13.3 Å². The van der Waals surface area contributed by atoms with Gasteiger partial charge in [0.2, 0.25) is 0 Å². The van der Waals surface area contributed by atoms with Crippen LogP contribution in [0.25, 0.3) is 0 Å². The number of hydrogen-bond acceptors (Lipinski definition) is 2. The third kappa shape index (κ3) is 1.94. The Hall–Kier alpha value is -0.660. The Kier molecular flexibility index (Phi) is 2.60. The molecule has 0 unspecified atom stereocenters. The lowest BCUT2D eigenvalue weighted by atomic mass is 10.1. The molecule has 0 fully saturated rings. The number of hydrogen-bond donors (Lipinski definition) is 0. The maximum Gasteiger partial charge on any atom is 0.0409 e. The Bertz CT molecular complexity index is 164. The van der Waals surface area contributed by atoms with Gasteiger partial charge in [-0.15, -0.1) is 0 Å². The molecule has 2 heteroatoms. The summed E-state index contributed by atoms with van der Waals surface area (Å²) in [4.78, 5) is 0. The van der Waals surface area contributed by atoms with Crippen LogP contribution in [0, 0.1) is 0 Å². The largest absolute Gasteiger partial charge is 0.160 e. The van der Waals surface area contributed by atoms with Crippen LogP contribution in [0.3, 0.4) is 0 Å². The van der Waals surface area contributed by atoms with Crippen LogP contribution in [0.15, 0.2) is 10.2 Å². The minimum atomic E-state index is 1.11. The summed E-state index contributed by atoms with van der Waals surface area (Å²) in [6.45, 7) is 4.21. The van der Waals surface area contributed by atoms with Crippen LogP contribution in [-0.2, 0) is 0 Å². The fraction of sp³-hybridized carbons (Fsp3) is 0.750.